The number of fused-ring (bicyclic) bond motifs is 1. The summed E-state index contributed by atoms with van der Waals surface area (Å²) >= 11 is 3.44. The number of hydrogen-bond donors (Lipinski definition) is 3. The van der Waals surface area contributed by atoms with Gasteiger partial charge in [0.05, 0.1) is 18.2 Å². The van der Waals surface area contributed by atoms with Crippen molar-refractivity contribution < 1.29 is 14.4 Å². The van der Waals surface area contributed by atoms with Crippen LogP contribution in [0.5, 0.6) is 0 Å². The third-order valence-corrected chi connectivity index (χ3v) is 5.46. The van der Waals surface area contributed by atoms with Crippen LogP contribution in [0.1, 0.15) is 10.4 Å². The van der Waals surface area contributed by atoms with Crippen LogP contribution in [0.3, 0.4) is 0 Å². The average Bonchev–Trinajstić information content (AvgIpc) is 3.09. The number of rotatable bonds is 9. The van der Waals surface area contributed by atoms with Gasteiger partial charge in [-0.05, 0) is 36.6 Å². The molecule has 9 nitrogen and oxygen atoms in total. The number of aliphatic imine (C=N–C) groups is 1. The number of carbonyl (C=O) groups is 3. The standard InChI is InChI=1S/C22H25BrN6O3/c1-2-21(31)29-11-16(12-29)27-20(30)14-28-13-18(17-10-15(23)4-5-19(17)28)22(32)26-9-8-25-7-3-6-24/h2-7,10,13,16H,1,8-9,11-12,14,24H2,(H,26,32)(H,27,30). The summed E-state index contributed by atoms with van der Waals surface area (Å²) in [4.78, 5) is 42.6. The lowest BCUT2D eigenvalue weighted by Gasteiger charge is -2.38. The maximum Gasteiger partial charge on any atom is 0.253 e. The summed E-state index contributed by atoms with van der Waals surface area (Å²) < 4.78 is 2.59. The first-order valence-electron chi connectivity index (χ1n) is 10.1. The SMILES string of the molecule is C=CC(=O)N1CC(NC(=O)Cn2cc(C(=O)NCCN=CC=CN)c3cc(Br)ccc32)C1. The molecule has 1 aromatic heterocycles. The Hall–Kier alpha value is -3.40. The van der Waals surface area contributed by atoms with Crippen molar-refractivity contribution in [3.05, 3.63) is 59.4 Å². The molecule has 1 saturated heterocycles. The molecule has 32 heavy (non-hydrogen) atoms. The minimum absolute atomic E-state index is 0.0625. The molecule has 3 amide bonds. The Morgan fingerprint density at radius 2 is 2.09 bits per heavy atom. The van der Waals surface area contributed by atoms with Crippen molar-refractivity contribution in [2.24, 2.45) is 10.7 Å². The summed E-state index contributed by atoms with van der Waals surface area (Å²) in [5, 5.41) is 6.50. The van der Waals surface area contributed by atoms with Crippen LogP contribution in [0.15, 0.2) is 58.8 Å². The molecule has 168 valence electrons. The Bertz CT molecular complexity index is 1080. The van der Waals surface area contributed by atoms with Crippen molar-refractivity contribution in [2.45, 2.75) is 12.6 Å². The molecule has 2 aromatic rings. The molecule has 0 unspecified atom stereocenters. The van der Waals surface area contributed by atoms with Crippen LogP contribution in [0.25, 0.3) is 10.9 Å². The van der Waals surface area contributed by atoms with E-state index in [2.05, 4.69) is 38.1 Å². The predicted molar refractivity (Wildman–Crippen MR) is 127 cm³/mol. The highest BCUT2D eigenvalue weighted by molar-refractivity contribution is 9.10. The van der Waals surface area contributed by atoms with Gasteiger partial charge in [-0.25, -0.2) is 0 Å². The number of likely N-dealkylation sites (tertiary alicyclic amines) is 1. The van der Waals surface area contributed by atoms with E-state index in [0.717, 1.165) is 15.4 Å². The zero-order valence-electron chi connectivity index (χ0n) is 17.5. The monoisotopic (exact) mass is 500 g/mol. The summed E-state index contributed by atoms with van der Waals surface area (Å²) in [7, 11) is 0. The zero-order valence-corrected chi connectivity index (χ0v) is 19.0. The summed E-state index contributed by atoms with van der Waals surface area (Å²) in [6, 6.07) is 5.50. The number of nitrogens with zero attached hydrogens (tertiary/aromatic N) is 3. The molecule has 1 aliphatic rings. The van der Waals surface area contributed by atoms with E-state index in [0.29, 0.717) is 31.7 Å². The molecule has 0 radical (unpaired) electrons. The Kier molecular flexibility index (Phi) is 7.82. The Morgan fingerprint density at radius 3 is 2.81 bits per heavy atom. The van der Waals surface area contributed by atoms with Crippen molar-refractivity contribution in [2.75, 3.05) is 26.2 Å². The van der Waals surface area contributed by atoms with Gasteiger partial charge in [-0.1, -0.05) is 22.5 Å². The predicted octanol–water partition coefficient (Wildman–Crippen LogP) is 1.19. The molecule has 0 spiro atoms. The van der Waals surface area contributed by atoms with Gasteiger partial charge in [-0.15, -0.1) is 0 Å². The summed E-state index contributed by atoms with van der Waals surface area (Å²) in [6.45, 7) is 5.25. The fourth-order valence-electron chi connectivity index (χ4n) is 3.40. The second-order valence-corrected chi connectivity index (χ2v) is 8.16. The zero-order chi connectivity index (χ0) is 23.1. The van der Waals surface area contributed by atoms with Crippen LogP contribution in [0, 0.1) is 0 Å². The Balaban J connectivity index is 1.66. The number of halogens is 1. The number of benzene rings is 1. The van der Waals surface area contributed by atoms with Crippen molar-refractivity contribution in [3.63, 3.8) is 0 Å². The van der Waals surface area contributed by atoms with Gasteiger partial charge in [-0.3, -0.25) is 19.4 Å². The van der Waals surface area contributed by atoms with Crippen LogP contribution in [0.2, 0.25) is 0 Å². The normalized spacial score (nSPS) is 14.1. The molecule has 1 aromatic carbocycles. The lowest BCUT2D eigenvalue weighted by Crippen LogP contribution is -2.61. The van der Waals surface area contributed by atoms with E-state index < -0.39 is 0 Å². The van der Waals surface area contributed by atoms with Gasteiger partial charge in [-0.2, -0.15) is 0 Å². The topological polar surface area (TPSA) is 122 Å². The van der Waals surface area contributed by atoms with Crippen LogP contribution in [-0.4, -0.2) is 65.6 Å². The van der Waals surface area contributed by atoms with E-state index in [4.69, 9.17) is 5.73 Å². The lowest BCUT2D eigenvalue weighted by molar-refractivity contribution is -0.133. The highest BCUT2D eigenvalue weighted by Gasteiger charge is 2.30. The molecule has 1 aliphatic heterocycles. The average molecular weight is 501 g/mol. The first-order chi connectivity index (χ1) is 15.4. The summed E-state index contributed by atoms with van der Waals surface area (Å²) in [5.74, 6) is -0.571. The Labute approximate surface area is 194 Å². The quantitative estimate of drug-likeness (QED) is 0.272. The highest BCUT2D eigenvalue weighted by Crippen LogP contribution is 2.25. The minimum Gasteiger partial charge on any atom is -0.405 e. The number of nitrogens with two attached hydrogens (primary N) is 1. The molecule has 0 atom stereocenters. The van der Waals surface area contributed by atoms with Crippen LogP contribution in [-0.2, 0) is 16.1 Å². The lowest BCUT2D eigenvalue weighted by atomic mass is 10.1. The first-order valence-corrected chi connectivity index (χ1v) is 10.9. The molecule has 0 saturated carbocycles. The number of carbonyl (C=O) groups excluding carboxylic acids is 3. The molecular weight excluding hydrogens is 476 g/mol. The van der Waals surface area contributed by atoms with Crippen molar-refractivity contribution in [1.82, 2.24) is 20.1 Å². The smallest absolute Gasteiger partial charge is 0.253 e. The van der Waals surface area contributed by atoms with E-state index in [1.807, 2.05) is 18.2 Å². The number of nitrogens with one attached hydrogen (secondary N) is 2. The highest BCUT2D eigenvalue weighted by atomic mass is 79.9. The van der Waals surface area contributed by atoms with E-state index in [1.165, 1.54) is 12.3 Å². The Morgan fingerprint density at radius 1 is 1.31 bits per heavy atom. The van der Waals surface area contributed by atoms with Gasteiger partial charge < -0.3 is 25.8 Å². The summed E-state index contributed by atoms with van der Waals surface area (Å²) in [5.41, 5.74) is 6.49. The molecule has 1 fully saturated rings. The molecule has 4 N–H and O–H groups in total. The number of amides is 3. The van der Waals surface area contributed by atoms with Crippen LogP contribution in [0.4, 0.5) is 0 Å². The molecule has 3 rings (SSSR count). The number of allylic oxidation sites excluding steroid dienone is 1. The van der Waals surface area contributed by atoms with Crippen LogP contribution >= 0.6 is 15.9 Å². The van der Waals surface area contributed by atoms with E-state index in [-0.39, 0.29) is 30.3 Å². The molecular formula is C22H25BrN6O3. The second-order valence-electron chi connectivity index (χ2n) is 7.24. The molecule has 2 heterocycles. The van der Waals surface area contributed by atoms with Crippen molar-refractivity contribution in [3.8, 4) is 0 Å². The van der Waals surface area contributed by atoms with E-state index in [1.54, 1.807) is 28.0 Å². The molecule has 0 aliphatic carbocycles. The van der Waals surface area contributed by atoms with Crippen molar-refractivity contribution >= 4 is 50.8 Å². The minimum atomic E-state index is -0.241. The first kappa shape index (κ1) is 23.3. The van der Waals surface area contributed by atoms with Crippen LogP contribution < -0.4 is 16.4 Å². The summed E-state index contributed by atoms with van der Waals surface area (Å²) in [6.07, 6.45) is 7.50. The largest absolute Gasteiger partial charge is 0.405 e. The van der Waals surface area contributed by atoms with E-state index >= 15 is 0 Å². The van der Waals surface area contributed by atoms with Gasteiger partial charge in [0.2, 0.25) is 11.8 Å². The van der Waals surface area contributed by atoms with Crippen molar-refractivity contribution in [1.29, 1.82) is 0 Å². The molecule has 0 bridgehead atoms. The third kappa shape index (κ3) is 5.64. The van der Waals surface area contributed by atoms with Gasteiger partial charge >= 0.3 is 0 Å². The fraction of sp³-hybridized carbons (Fsp3) is 0.273. The van der Waals surface area contributed by atoms with Gasteiger partial charge in [0.1, 0.15) is 6.54 Å². The number of aromatic nitrogens is 1. The second kappa shape index (κ2) is 10.8. The third-order valence-electron chi connectivity index (χ3n) is 4.96. The maximum atomic E-state index is 12.7. The van der Waals surface area contributed by atoms with Gasteiger partial charge in [0, 0.05) is 47.4 Å². The van der Waals surface area contributed by atoms with Gasteiger partial charge in [0.15, 0.2) is 0 Å². The molecule has 10 heteroatoms. The van der Waals surface area contributed by atoms with E-state index in [9.17, 15) is 14.4 Å². The fourth-order valence-corrected chi connectivity index (χ4v) is 3.76. The van der Waals surface area contributed by atoms with Gasteiger partial charge in [0.25, 0.3) is 5.91 Å². The number of hydrogen-bond acceptors (Lipinski definition) is 5. The maximum absolute atomic E-state index is 12.7.